The van der Waals surface area contributed by atoms with E-state index in [1.807, 2.05) is 0 Å². The van der Waals surface area contributed by atoms with E-state index < -0.39 is 43.9 Å². The van der Waals surface area contributed by atoms with E-state index in [0.717, 1.165) is 12.1 Å². The highest BCUT2D eigenvalue weighted by Crippen LogP contribution is 2.43. The quantitative estimate of drug-likeness (QED) is 0.361. The summed E-state index contributed by atoms with van der Waals surface area (Å²) in [6.45, 7) is 3.51. The molecule has 3 aromatic rings. The van der Waals surface area contributed by atoms with E-state index in [-0.39, 0.29) is 17.3 Å². The first-order valence-electron chi connectivity index (χ1n) is 12.2. The van der Waals surface area contributed by atoms with Gasteiger partial charge in [0.1, 0.15) is 5.82 Å². The molecule has 1 aliphatic rings. The molecule has 4 rings (SSSR count). The number of nitrogens with zero attached hydrogens (tertiary/aromatic N) is 2. The molecule has 0 radical (unpaired) electrons. The Hall–Kier alpha value is -3.47. The number of pyridine rings is 2. The minimum absolute atomic E-state index is 0.00581. The van der Waals surface area contributed by atoms with Crippen LogP contribution in [0.25, 0.3) is 11.3 Å². The molecule has 1 aliphatic carbocycles. The highest BCUT2D eigenvalue weighted by molar-refractivity contribution is 7.92. The van der Waals surface area contributed by atoms with Crippen molar-refractivity contribution in [1.82, 2.24) is 9.97 Å². The van der Waals surface area contributed by atoms with Crippen molar-refractivity contribution in [3.05, 3.63) is 71.4 Å². The number of benzene rings is 1. The number of hydrogen-bond acceptors (Lipinski definition) is 5. The van der Waals surface area contributed by atoms with Crippen molar-refractivity contribution in [2.24, 2.45) is 5.41 Å². The molecule has 38 heavy (non-hydrogen) atoms. The van der Waals surface area contributed by atoms with Gasteiger partial charge in [-0.15, -0.1) is 0 Å². The number of carboxylic acids is 1. The number of sulfonamides is 1. The standard InChI is InChI=1S/C27H28F3N3O4S/c1-3-17-7-4-5-8-19(17)24-20(27(28,29)30)11-12-23(32-24)38(36,37)33-22-10-6-9-21(31-22)18-13-15-26(2,16-14-18)25(34)35/h4-12,18H,3,13-16H2,1-2H3,(H,31,33)(H,34,35). The van der Waals surface area contributed by atoms with Gasteiger partial charge in [-0.25, -0.2) is 9.97 Å². The van der Waals surface area contributed by atoms with E-state index >= 15 is 0 Å². The second kappa shape index (κ2) is 10.4. The molecule has 11 heteroatoms. The Morgan fingerprint density at radius 3 is 2.37 bits per heavy atom. The van der Waals surface area contributed by atoms with Gasteiger partial charge in [0.2, 0.25) is 0 Å². The summed E-state index contributed by atoms with van der Waals surface area (Å²) in [5.74, 6) is -0.866. The first kappa shape index (κ1) is 27.6. The first-order chi connectivity index (χ1) is 17.8. The number of carbonyl (C=O) groups is 1. The molecule has 0 aliphatic heterocycles. The maximum atomic E-state index is 13.8. The fraction of sp³-hybridized carbons (Fsp3) is 0.370. The molecule has 2 N–H and O–H groups in total. The van der Waals surface area contributed by atoms with Crippen LogP contribution in [-0.4, -0.2) is 29.5 Å². The summed E-state index contributed by atoms with van der Waals surface area (Å²) in [5, 5.41) is 8.90. The summed E-state index contributed by atoms with van der Waals surface area (Å²) in [5.41, 5.74) is -0.834. The minimum atomic E-state index is -4.73. The number of aliphatic carboxylic acids is 1. The maximum Gasteiger partial charge on any atom is 0.418 e. The third-order valence-electron chi connectivity index (χ3n) is 7.14. The molecule has 1 fully saturated rings. The van der Waals surface area contributed by atoms with E-state index in [9.17, 15) is 31.5 Å². The van der Waals surface area contributed by atoms with E-state index in [2.05, 4.69) is 14.7 Å². The molecule has 1 aromatic carbocycles. The summed E-state index contributed by atoms with van der Waals surface area (Å²) in [6.07, 6.45) is -2.16. The fourth-order valence-electron chi connectivity index (χ4n) is 4.77. The summed E-state index contributed by atoms with van der Waals surface area (Å²) in [7, 11) is -4.37. The van der Waals surface area contributed by atoms with Crippen LogP contribution < -0.4 is 4.72 Å². The molecule has 2 heterocycles. The molecule has 7 nitrogen and oxygen atoms in total. The van der Waals surface area contributed by atoms with Crippen LogP contribution in [0.1, 0.15) is 62.3 Å². The molecule has 0 bridgehead atoms. The van der Waals surface area contributed by atoms with Gasteiger partial charge in [-0.05, 0) is 68.9 Å². The first-order valence-corrected chi connectivity index (χ1v) is 13.7. The lowest BCUT2D eigenvalue weighted by atomic mass is 9.71. The predicted octanol–water partition coefficient (Wildman–Crippen LogP) is 6.27. The Kier molecular flexibility index (Phi) is 7.51. The third-order valence-corrected chi connectivity index (χ3v) is 8.39. The molecule has 0 saturated heterocycles. The Labute approximate surface area is 219 Å². The van der Waals surface area contributed by atoms with Crippen molar-refractivity contribution in [2.45, 2.75) is 63.1 Å². The highest BCUT2D eigenvalue weighted by Gasteiger charge is 2.38. The average molecular weight is 548 g/mol. The zero-order chi connectivity index (χ0) is 27.7. The van der Waals surface area contributed by atoms with Crippen molar-refractivity contribution in [1.29, 1.82) is 0 Å². The third kappa shape index (κ3) is 5.67. The SMILES string of the molecule is CCc1ccccc1-c1nc(S(=O)(=O)Nc2cccc(C3CCC(C)(C(=O)O)CC3)n2)ccc1C(F)(F)F. The maximum absolute atomic E-state index is 13.8. The average Bonchev–Trinajstić information content (AvgIpc) is 2.88. The Morgan fingerprint density at radius 1 is 1.05 bits per heavy atom. The molecule has 202 valence electrons. The Bertz CT molecular complexity index is 1450. The zero-order valence-corrected chi connectivity index (χ0v) is 21.7. The van der Waals surface area contributed by atoms with Crippen LogP contribution in [0, 0.1) is 5.41 Å². The van der Waals surface area contributed by atoms with Crippen LogP contribution in [0.5, 0.6) is 0 Å². The number of aromatic nitrogens is 2. The summed E-state index contributed by atoms with van der Waals surface area (Å²) < 4.78 is 70.1. The smallest absolute Gasteiger partial charge is 0.418 e. The Morgan fingerprint density at radius 2 is 1.74 bits per heavy atom. The lowest BCUT2D eigenvalue weighted by Gasteiger charge is -2.33. The molecular formula is C27H28F3N3O4S. The molecule has 1 saturated carbocycles. The predicted molar refractivity (Wildman–Crippen MR) is 136 cm³/mol. The van der Waals surface area contributed by atoms with Crippen LogP contribution in [0.2, 0.25) is 0 Å². The summed E-state index contributed by atoms with van der Waals surface area (Å²) >= 11 is 0. The van der Waals surface area contributed by atoms with Gasteiger partial charge < -0.3 is 5.11 Å². The second-order valence-electron chi connectivity index (χ2n) is 9.75. The van der Waals surface area contributed by atoms with Crippen LogP contribution >= 0.6 is 0 Å². The largest absolute Gasteiger partial charge is 0.481 e. The van der Waals surface area contributed by atoms with Gasteiger partial charge in [-0.1, -0.05) is 37.3 Å². The Balaban J connectivity index is 1.64. The number of halogens is 3. The second-order valence-corrected chi connectivity index (χ2v) is 11.4. The molecule has 0 spiro atoms. The van der Waals surface area contributed by atoms with Crippen molar-refractivity contribution in [3.8, 4) is 11.3 Å². The normalized spacial score (nSPS) is 20.2. The minimum Gasteiger partial charge on any atom is -0.481 e. The number of aryl methyl sites for hydroxylation is 1. The molecule has 0 amide bonds. The number of rotatable bonds is 7. The molecule has 2 aromatic heterocycles. The van der Waals surface area contributed by atoms with Crippen molar-refractivity contribution >= 4 is 21.8 Å². The van der Waals surface area contributed by atoms with Gasteiger partial charge in [-0.2, -0.15) is 21.6 Å². The molecular weight excluding hydrogens is 519 g/mol. The summed E-state index contributed by atoms with van der Waals surface area (Å²) in [6, 6.07) is 12.8. The van der Waals surface area contributed by atoms with Gasteiger partial charge in [0.05, 0.1) is 16.7 Å². The number of carboxylic acid groups (broad SMARTS) is 1. The number of alkyl halides is 3. The number of anilines is 1. The van der Waals surface area contributed by atoms with E-state index in [0.29, 0.717) is 43.4 Å². The van der Waals surface area contributed by atoms with E-state index in [4.69, 9.17) is 0 Å². The van der Waals surface area contributed by atoms with Gasteiger partial charge in [0.25, 0.3) is 10.0 Å². The van der Waals surface area contributed by atoms with Gasteiger partial charge in [0.15, 0.2) is 5.03 Å². The molecule has 0 atom stereocenters. The zero-order valence-electron chi connectivity index (χ0n) is 20.9. The number of nitrogens with one attached hydrogen (secondary N) is 1. The van der Waals surface area contributed by atoms with Crippen molar-refractivity contribution < 1.29 is 31.5 Å². The van der Waals surface area contributed by atoms with Gasteiger partial charge in [-0.3, -0.25) is 9.52 Å². The van der Waals surface area contributed by atoms with E-state index in [1.54, 1.807) is 44.2 Å². The topological polar surface area (TPSA) is 109 Å². The van der Waals surface area contributed by atoms with Crippen LogP contribution in [-0.2, 0) is 27.4 Å². The summed E-state index contributed by atoms with van der Waals surface area (Å²) in [4.78, 5) is 19.9. The fourth-order valence-corrected chi connectivity index (χ4v) is 5.73. The highest BCUT2D eigenvalue weighted by atomic mass is 32.2. The lowest BCUT2D eigenvalue weighted by molar-refractivity contribution is -0.150. The van der Waals surface area contributed by atoms with Gasteiger partial charge in [0, 0.05) is 17.2 Å². The molecule has 0 unspecified atom stereocenters. The number of hydrogen-bond donors (Lipinski definition) is 2. The van der Waals surface area contributed by atoms with Crippen molar-refractivity contribution in [3.63, 3.8) is 0 Å². The van der Waals surface area contributed by atoms with Crippen LogP contribution in [0.3, 0.4) is 0 Å². The van der Waals surface area contributed by atoms with Crippen molar-refractivity contribution in [2.75, 3.05) is 4.72 Å². The lowest BCUT2D eigenvalue weighted by Crippen LogP contribution is -2.32. The van der Waals surface area contributed by atoms with Crippen LogP contribution in [0.15, 0.2) is 59.6 Å². The monoisotopic (exact) mass is 547 g/mol. The van der Waals surface area contributed by atoms with Gasteiger partial charge >= 0.3 is 12.1 Å². The van der Waals surface area contributed by atoms with Crippen LogP contribution in [0.4, 0.5) is 19.0 Å². The van der Waals surface area contributed by atoms with E-state index in [1.165, 1.54) is 12.1 Å².